The summed E-state index contributed by atoms with van der Waals surface area (Å²) in [5.74, 6) is -0.240. The van der Waals surface area contributed by atoms with Crippen molar-refractivity contribution in [1.29, 1.82) is 0 Å². The van der Waals surface area contributed by atoms with Crippen molar-refractivity contribution in [3.8, 4) is 22.8 Å². The number of anilines is 2. The van der Waals surface area contributed by atoms with Crippen molar-refractivity contribution in [2.45, 2.75) is 12.7 Å². The van der Waals surface area contributed by atoms with Crippen LogP contribution >= 0.6 is 0 Å². The number of rotatable bonds is 8. The van der Waals surface area contributed by atoms with Gasteiger partial charge in [0, 0.05) is 55.9 Å². The fourth-order valence-corrected chi connectivity index (χ4v) is 4.06. The predicted molar refractivity (Wildman–Crippen MR) is 141 cm³/mol. The van der Waals surface area contributed by atoms with Crippen LogP contribution in [0.1, 0.15) is 5.56 Å². The molecule has 41 heavy (non-hydrogen) atoms. The Balaban J connectivity index is 1.18. The highest BCUT2D eigenvalue weighted by Gasteiger charge is 2.31. The van der Waals surface area contributed by atoms with E-state index in [2.05, 4.69) is 30.6 Å². The van der Waals surface area contributed by atoms with Gasteiger partial charge in [-0.25, -0.2) is 9.18 Å². The summed E-state index contributed by atoms with van der Waals surface area (Å²) in [6.07, 6.45) is 2.23. The molecule has 1 aliphatic rings. The summed E-state index contributed by atoms with van der Waals surface area (Å²) >= 11 is 0. The Morgan fingerprint density at radius 2 is 1.80 bits per heavy atom. The Morgan fingerprint density at radius 1 is 1.00 bits per heavy atom. The number of benzene rings is 1. The summed E-state index contributed by atoms with van der Waals surface area (Å²) < 4.78 is 66.3. The number of hydrogen-bond acceptors (Lipinski definition) is 7. The molecule has 0 bridgehead atoms. The van der Waals surface area contributed by atoms with Gasteiger partial charge >= 0.3 is 12.2 Å². The SMILES string of the molecule is O=C(Nc1cncc(C(F)(F)F)c1)Nc1ccc(Oc2ccnc(-c3cnn(CCN4CCOCC4)c3)c2)cc1F. The molecule has 0 spiro atoms. The number of nitrogens with zero attached hydrogens (tertiary/aromatic N) is 5. The molecule has 0 radical (unpaired) electrons. The third-order valence-corrected chi connectivity index (χ3v) is 6.16. The molecule has 1 aliphatic heterocycles. The van der Waals surface area contributed by atoms with E-state index in [0.717, 1.165) is 63.3 Å². The lowest BCUT2D eigenvalue weighted by atomic mass is 10.2. The van der Waals surface area contributed by atoms with E-state index in [-0.39, 0.29) is 17.1 Å². The van der Waals surface area contributed by atoms with E-state index in [4.69, 9.17) is 9.47 Å². The molecule has 1 fully saturated rings. The minimum atomic E-state index is -4.62. The third-order valence-electron chi connectivity index (χ3n) is 6.16. The average molecular weight is 572 g/mol. The molecule has 1 aromatic carbocycles. The minimum Gasteiger partial charge on any atom is -0.457 e. The number of carbonyl (C=O) groups is 1. The second-order valence-electron chi connectivity index (χ2n) is 9.11. The first kappa shape index (κ1) is 28.0. The van der Waals surface area contributed by atoms with Gasteiger partial charge in [0.05, 0.1) is 54.8 Å². The minimum absolute atomic E-state index is 0.161. The van der Waals surface area contributed by atoms with Crippen molar-refractivity contribution in [3.63, 3.8) is 0 Å². The second kappa shape index (κ2) is 12.3. The van der Waals surface area contributed by atoms with Gasteiger partial charge in [0.25, 0.3) is 0 Å². The van der Waals surface area contributed by atoms with Gasteiger partial charge in [-0.05, 0) is 24.3 Å². The monoisotopic (exact) mass is 571 g/mol. The molecule has 4 aromatic rings. The lowest BCUT2D eigenvalue weighted by Gasteiger charge is -2.26. The van der Waals surface area contributed by atoms with Gasteiger partial charge < -0.3 is 20.1 Å². The summed E-state index contributed by atoms with van der Waals surface area (Å²) in [6, 6.07) is 6.88. The maximum atomic E-state index is 14.7. The molecule has 1 saturated heterocycles. The van der Waals surface area contributed by atoms with E-state index in [1.807, 2.05) is 10.9 Å². The first-order valence-corrected chi connectivity index (χ1v) is 12.6. The average Bonchev–Trinajstić information content (AvgIpc) is 3.43. The van der Waals surface area contributed by atoms with E-state index in [1.165, 1.54) is 12.1 Å². The van der Waals surface area contributed by atoms with Crippen LogP contribution < -0.4 is 15.4 Å². The van der Waals surface area contributed by atoms with E-state index in [9.17, 15) is 22.4 Å². The van der Waals surface area contributed by atoms with Gasteiger partial charge in [-0.3, -0.25) is 19.5 Å². The van der Waals surface area contributed by atoms with Crippen LogP contribution in [0.3, 0.4) is 0 Å². The zero-order valence-corrected chi connectivity index (χ0v) is 21.6. The predicted octanol–water partition coefficient (Wildman–Crippen LogP) is 5.27. The number of ether oxygens (including phenoxy) is 2. The summed E-state index contributed by atoms with van der Waals surface area (Å²) in [4.78, 5) is 22.4. The molecule has 3 aromatic heterocycles. The lowest BCUT2D eigenvalue weighted by molar-refractivity contribution is -0.137. The summed E-state index contributed by atoms with van der Waals surface area (Å²) in [5.41, 5.74) is -0.00634. The molecular formula is C27H25F4N7O3. The van der Waals surface area contributed by atoms with E-state index >= 15 is 0 Å². The highest BCUT2D eigenvalue weighted by Crippen LogP contribution is 2.30. The molecule has 0 atom stereocenters. The smallest absolute Gasteiger partial charge is 0.417 e. The topological polar surface area (TPSA) is 106 Å². The summed E-state index contributed by atoms with van der Waals surface area (Å²) in [6.45, 7) is 4.86. The number of amides is 2. The second-order valence-corrected chi connectivity index (χ2v) is 9.11. The van der Waals surface area contributed by atoms with E-state index in [0.29, 0.717) is 17.6 Å². The van der Waals surface area contributed by atoms with Crippen LogP contribution in [0.2, 0.25) is 0 Å². The molecule has 2 N–H and O–H groups in total. The highest BCUT2D eigenvalue weighted by atomic mass is 19.4. The number of halogens is 4. The van der Waals surface area contributed by atoms with Crippen molar-refractivity contribution >= 4 is 17.4 Å². The van der Waals surface area contributed by atoms with Gasteiger partial charge in [0.15, 0.2) is 0 Å². The van der Waals surface area contributed by atoms with Crippen molar-refractivity contribution in [3.05, 3.63) is 78.8 Å². The molecule has 214 valence electrons. The highest BCUT2D eigenvalue weighted by molar-refractivity contribution is 5.99. The van der Waals surface area contributed by atoms with Crippen LogP contribution in [0.25, 0.3) is 11.3 Å². The van der Waals surface area contributed by atoms with Crippen LogP contribution in [0, 0.1) is 5.82 Å². The molecule has 0 saturated carbocycles. The van der Waals surface area contributed by atoms with Crippen LogP contribution in [0.5, 0.6) is 11.5 Å². The summed E-state index contributed by atoms with van der Waals surface area (Å²) in [5, 5.41) is 8.87. The molecule has 0 unspecified atom stereocenters. The van der Waals surface area contributed by atoms with Crippen molar-refractivity contribution in [1.82, 2.24) is 24.6 Å². The maximum absolute atomic E-state index is 14.7. The standard InChI is InChI=1S/C27H25F4N7O3/c28-23-12-21(1-2-24(23)36-26(39)35-20-11-19(15-32-16-20)27(29,30)31)41-22-3-4-33-25(13-22)18-14-34-38(17-18)6-5-37-7-9-40-10-8-37/h1-4,11-17H,5-10H2,(H2,35,36,39). The molecule has 2 amide bonds. The Labute approximate surface area is 231 Å². The van der Waals surface area contributed by atoms with Crippen LogP contribution in [-0.4, -0.2) is 63.5 Å². The first-order valence-electron chi connectivity index (χ1n) is 12.6. The molecule has 5 rings (SSSR count). The van der Waals surface area contributed by atoms with Gasteiger partial charge in [0.1, 0.15) is 17.3 Å². The molecule has 0 aliphatic carbocycles. The quantitative estimate of drug-likeness (QED) is 0.278. The third kappa shape index (κ3) is 7.55. The number of carbonyl (C=O) groups excluding carboxylic acids is 1. The maximum Gasteiger partial charge on any atom is 0.417 e. The van der Waals surface area contributed by atoms with Crippen LogP contribution in [-0.2, 0) is 17.5 Å². The largest absolute Gasteiger partial charge is 0.457 e. The number of alkyl halides is 3. The number of hydrogen-bond donors (Lipinski definition) is 2. The normalized spacial score (nSPS) is 14.0. The number of morpholine rings is 1. The molecule has 14 heteroatoms. The Morgan fingerprint density at radius 3 is 2.59 bits per heavy atom. The summed E-state index contributed by atoms with van der Waals surface area (Å²) in [7, 11) is 0. The number of aromatic nitrogens is 4. The van der Waals surface area contributed by atoms with Crippen molar-refractivity contribution < 1.29 is 31.8 Å². The number of pyridine rings is 2. The van der Waals surface area contributed by atoms with Gasteiger partial charge in [0.2, 0.25) is 0 Å². The van der Waals surface area contributed by atoms with E-state index < -0.39 is 23.6 Å². The van der Waals surface area contributed by atoms with Crippen LogP contribution in [0.4, 0.5) is 33.7 Å². The van der Waals surface area contributed by atoms with Gasteiger partial charge in [-0.1, -0.05) is 0 Å². The zero-order chi connectivity index (χ0) is 28.8. The lowest BCUT2D eigenvalue weighted by Crippen LogP contribution is -2.38. The Hall–Kier alpha value is -4.56. The first-order chi connectivity index (χ1) is 19.7. The van der Waals surface area contributed by atoms with Gasteiger partial charge in [-0.15, -0.1) is 0 Å². The van der Waals surface area contributed by atoms with Crippen molar-refractivity contribution in [2.24, 2.45) is 0 Å². The Kier molecular flexibility index (Phi) is 8.40. The van der Waals surface area contributed by atoms with Crippen molar-refractivity contribution in [2.75, 3.05) is 43.5 Å². The fraction of sp³-hybridized carbons (Fsp3) is 0.259. The van der Waals surface area contributed by atoms with Gasteiger partial charge in [-0.2, -0.15) is 18.3 Å². The fourth-order valence-electron chi connectivity index (χ4n) is 4.06. The van der Waals surface area contributed by atoms with E-state index in [1.54, 1.807) is 24.5 Å². The molecule has 4 heterocycles. The molecular weight excluding hydrogens is 546 g/mol. The van der Waals surface area contributed by atoms with Crippen LogP contribution in [0.15, 0.2) is 67.4 Å². The Bertz CT molecular complexity index is 1510. The number of urea groups is 1. The zero-order valence-electron chi connectivity index (χ0n) is 21.6. The molecule has 10 nitrogen and oxygen atoms in total. The number of nitrogens with one attached hydrogen (secondary N) is 2.